The molecule has 2 amide bonds. The summed E-state index contributed by atoms with van der Waals surface area (Å²) in [6.07, 6.45) is 6.35. The third-order valence-corrected chi connectivity index (χ3v) is 3.75. The predicted octanol–water partition coefficient (Wildman–Crippen LogP) is 1.64. The second-order valence-corrected chi connectivity index (χ2v) is 5.84. The molecule has 0 aliphatic carbocycles. The van der Waals surface area contributed by atoms with Crippen molar-refractivity contribution in [3.05, 3.63) is 23.9 Å². The summed E-state index contributed by atoms with van der Waals surface area (Å²) in [5.41, 5.74) is 0.964. The van der Waals surface area contributed by atoms with Crippen molar-refractivity contribution in [1.29, 1.82) is 0 Å². The number of carbonyl (C=O) groups is 1. The van der Waals surface area contributed by atoms with Crippen LogP contribution in [0.4, 0.5) is 10.6 Å². The normalized spacial score (nSPS) is 16.7. The van der Waals surface area contributed by atoms with Gasteiger partial charge in [-0.1, -0.05) is 18.9 Å². The largest absolute Gasteiger partial charge is 0.392 e. The smallest absolute Gasteiger partial charge is 0.315 e. The van der Waals surface area contributed by atoms with Gasteiger partial charge in [-0.3, -0.25) is 0 Å². The summed E-state index contributed by atoms with van der Waals surface area (Å²) in [6.45, 7) is 4.46. The van der Waals surface area contributed by atoms with Gasteiger partial charge < -0.3 is 20.6 Å². The fourth-order valence-corrected chi connectivity index (χ4v) is 2.49. The summed E-state index contributed by atoms with van der Waals surface area (Å²) < 4.78 is 0. The van der Waals surface area contributed by atoms with Crippen molar-refractivity contribution >= 4 is 11.8 Å². The minimum atomic E-state index is -0.541. The Kier molecular flexibility index (Phi) is 6.45. The van der Waals surface area contributed by atoms with Crippen molar-refractivity contribution in [3.8, 4) is 0 Å². The maximum atomic E-state index is 11.5. The number of aliphatic hydroxyl groups excluding tert-OH is 1. The lowest BCUT2D eigenvalue weighted by Gasteiger charge is -2.21. The number of hydrogen-bond donors (Lipinski definition) is 3. The van der Waals surface area contributed by atoms with Crippen LogP contribution in [-0.4, -0.2) is 41.9 Å². The molecule has 0 spiro atoms. The van der Waals surface area contributed by atoms with Crippen LogP contribution in [0.3, 0.4) is 0 Å². The lowest BCUT2D eigenvalue weighted by atomic mass is 10.2. The molecule has 2 heterocycles. The van der Waals surface area contributed by atoms with Gasteiger partial charge in [-0.05, 0) is 31.4 Å². The molecule has 3 N–H and O–H groups in total. The standard InChI is InChI=1S/C16H26N4O2/c1-13(21)10-18-16(22)19-12-14-6-7-15(17-11-14)20-8-4-2-3-5-9-20/h6-7,11,13,21H,2-5,8-10,12H2,1H3,(H2,18,19,22). The second kappa shape index (κ2) is 8.58. The molecule has 1 aromatic rings. The first kappa shape index (κ1) is 16.5. The fraction of sp³-hybridized carbons (Fsp3) is 0.625. The molecule has 1 atom stereocenters. The number of rotatable bonds is 5. The number of nitrogens with zero attached hydrogens (tertiary/aromatic N) is 2. The van der Waals surface area contributed by atoms with Crippen LogP contribution in [0.5, 0.6) is 0 Å². The van der Waals surface area contributed by atoms with E-state index in [1.807, 2.05) is 18.3 Å². The third kappa shape index (κ3) is 5.52. The number of pyridine rings is 1. The summed E-state index contributed by atoms with van der Waals surface area (Å²) in [6, 6.07) is 3.75. The molecule has 0 saturated carbocycles. The van der Waals surface area contributed by atoms with Crippen LogP contribution in [-0.2, 0) is 6.54 Å². The van der Waals surface area contributed by atoms with Gasteiger partial charge in [0.2, 0.25) is 0 Å². The molecular formula is C16H26N4O2. The Morgan fingerprint density at radius 2 is 2.00 bits per heavy atom. The number of amides is 2. The number of nitrogens with one attached hydrogen (secondary N) is 2. The molecule has 6 heteroatoms. The Morgan fingerprint density at radius 3 is 2.59 bits per heavy atom. The molecule has 0 aromatic carbocycles. The first-order valence-corrected chi connectivity index (χ1v) is 8.05. The highest BCUT2D eigenvalue weighted by Crippen LogP contribution is 2.17. The maximum absolute atomic E-state index is 11.5. The zero-order chi connectivity index (χ0) is 15.8. The molecule has 122 valence electrons. The van der Waals surface area contributed by atoms with Crippen molar-refractivity contribution in [3.63, 3.8) is 0 Å². The Balaban J connectivity index is 1.80. The first-order chi connectivity index (χ1) is 10.6. The summed E-state index contributed by atoms with van der Waals surface area (Å²) >= 11 is 0. The van der Waals surface area contributed by atoms with Gasteiger partial charge in [0.1, 0.15) is 5.82 Å². The van der Waals surface area contributed by atoms with Crippen molar-refractivity contribution in [1.82, 2.24) is 15.6 Å². The Labute approximate surface area is 131 Å². The lowest BCUT2D eigenvalue weighted by molar-refractivity contribution is 0.187. The zero-order valence-electron chi connectivity index (χ0n) is 13.2. The van der Waals surface area contributed by atoms with Crippen LogP contribution < -0.4 is 15.5 Å². The Bertz CT molecular complexity index is 454. The molecule has 1 aromatic heterocycles. The Morgan fingerprint density at radius 1 is 1.27 bits per heavy atom. The third-order valence-electron chi connectivity index (χ3n) is 3.75. The van der Waals surface area contributed by atoms with Gasteiger partial charge in [-0.25, -0.2) is 9.78 Å². The fourth-order valence-electron chi connectivity index (χ4n) is 2.49. The van der Waals surface area contributed by atoms with Gasteiger partial charge in [-0.2, -0.15) is 0 Å². The number of hydrogen-bond acceptors (Lipinski definition) is 4. The van der Waals surface area contributed by atoms with Crippen molar-refractivity contribution < 1.29 is 9.90 Å². The molecule has 6 nitrogen and oxygen atoms in total. The van der Waals surface area contributed by atoms with E-state index in [0.29, 0.717) is 6.54 Å². The minimum absolute atomic E-state index is 0.248. The van der Waals surface area contributed by atoms with E-state index in [-0.39, 0.29) is 12.6 Å². The van der Waals surface area contributed by atoms with Gasteiger partial charge in [0, 0.05) is 32.4 Å². The molecule has 1 fully saturated rings. The van der Waals surface area contributed by atoms with Crippen LogP contribution in [0.2, 0.25) is 0 Å². The summed E-state index contributed by atoms with van der Waals surface area (Å²) in [4.78, 5) is 18.4. The quantitative estimate of drug-likeness (QED) is 0.773. The number of urea groups is 1. The van der Waals surface area contributed by atoms with Gasteiger partial charge in [-0.15, -0.1) is 0 Å². The number of aliphatic hydroxyl groups is 1. The highest BCUT2D eigenvalue weighted by atomic mass is 16.3. The zero-order valence-corrected chi connectivity index (χ0v) is 13.2. The highest BCUT2D eigenvalue weighted by molar-refractivity contribution is 5.73. The summed E-state index contributed by atoms with van der Waals surface area (Å²) in [5.74, 6) is 1.02. The minimum Gasteiger partial charge on any atom is -0.392 e. The average molecular weight is 306 g/mol. The van der Waals surface area contributed by atoms with E-state index < -0.39 is 6.10 Å². The second-order valence-electron chi connectivity index (χ2n) is 5.84. The lowest BCUT2D eigenvalue weighted by Crippen LogP contribution is -2.38. The number of aromatic nitrogens is 1. The van der Waals surface area contributed by atoms with E-state index in [1.54, 1.807) is 6.92 Å². The van der Waals surface area contributed by atoms with Gasteiger partial charge >= 0.3 is 6.03 Å². The highest BCUT2D eigenvalue weighted by Gasteiger charge is 2.10. The topological polar surface area (TPSA) is 77.5 Å². The molecule has 0 radical (unpaired) electrons. The summed E-state index contributed by atoms with van der Waals surface area (Å²) in [5, 5.41) is 14.4. The molecule has 1 unspecified atom stereocenters. The van der Waals surface area contributed by atoms with Gasteiger partial charge in [0.15, 0.2) is 0 Å². The molecule has 2 rings (SSSR count). The van der Waals surface area contributed by atoms with E-state index in [0.717, 1.165) is 24.5 Å². The van der Waals surface area contributed by atoms with E-state index in [4.69, 9.17) is 5.11 Å². The first-order valence-electron chi connectivity index (χ1n) is 8.05. The van der Waals surface area contributed by atoms with E-state index >= 15 is 0 Å². The molecule has 1 aliphatic rings. The molecule has 22 heavy (non-hydrogen) atoms. The average Bonchev–Trinajstić information content (AvgIpc) is 2.80. The van der Waals surface area contributed by atoms with E-state index in [2.05, 4.69) is 20.5 Å². The molecular weight excluding hydrogens is 280 g/mol. The Hall–Kier alpha value is -1.82. The van der Waals surface area contributed by atoms with Crippen LogP contribution in [0.25, 0.3) is 0 Å². The number of carbonyl (C=O) groups excluding carboxylic acids is 1. The van der Waals surface area contributed by atoms with Crippen molar-refractivity contribution in [2.75, 3.05) is 24.5 Å². The monoisotopic (exact) mass is 306 g/mol. The van der Waals surface area contributed by atoms with Crippen molar-refractivity contribution in [2.24, 2.45) is 0 Å². The summed E-state index contributed by atoms with van der Waals surface area (Å²) in [7, 11) is 0. The molecule has 1 aliphatic heterocycles. The van der Waals surface area contributed by atoms with Crippen LogP contribution >= 0.6 is 0 Å². The van der Waals surface area contributed by atoms with Crippen LogP contribution in [0.15, 0.2) is 18.3 Å². The van der Waals surface area contributed by atoms with Gasteiger partial charge in [0.05, 0.1) is 6.10 Å². The predicted molar refractivity (Wildman–Crippen MR) is 86.8 cm³/mol. The van der Waals surface area contributed by atoms with E-state index in [1.165, 1.54) is 25.7 Å². The molecule has 1 saturated heterocycles. The van der Waals surface area contributed by atoms with E-state index in [9.17, 15) is 4.79 Å². The van der Waals surface area contributed by atoms with Gasteiger partial charge in [0.25, 0.3) is 0 Å². The molecule has 0 bridgehead atoms. The van der Waals surface area contributed by atoms with Crippen LogP contribution in [0.1, 0.15) is 38.2 Å². The number of anilines is 1. The maximum Gasteiger partial charge on any atom is 0.315 e. The van der Waals surface area contributed by atoms with Crippen LogP contribution in [0, 0.1) is 0 Å². The SMILES string of the molecule is CC(O)CNC(=O)NCc1ccc(N2CCCCCC2)nc1. The van der Waals surface area contributed by atoms with Crippen molar-refractivity contribution in [2.45, 2.75) is 45.3 Å².